The Hall–Kier alpha value is -2.44. The summed E-state index contributed by atoms with van der Waals surface area (Å²) in [4.78, 5) is 13.7. The number of H-pyrrole nitrogens is 1. The number of hydrogen-bond donors (Lipinski definition) is 2. The van der Waals surface area contributed by atoms with Crippen LogP contribution in [-0.4, -0.2) is 25.2 Å². The highest BCUT2D eigenvalue weighted by Gasteiger charge is 2.14. The second-order valence-corrected chi connectivity index (χ2v) is 2.79. The lowest BCUT2D eigenvalue weighted by Gasteiger charge is -1.98. The maximum atomic E-state index is 10.5. The number of aromatic nitrogens is 3. The molecule has 1 aromatic heterocycles. The topological polar surface area (TPSA) is 105 Å². The van der Waals surface area contributed by atoms with E-state index < -0.39 is 4.92 Å². The first-order chi connectivity index (χ1) is 7.18. The molecule has 0 fully saturated rings. The van der Waals surface area contributed by atoms with Crippen molar-refractivity contribution >= 4 is 5.69 Å². The van der Waals surface area contributed by atoms with Gasteiger partial charge >= 0.3 is 5.69 Å². The highest BCUT2D eigenvalue weighted by Crippen LogP contribution is 2.29. The van der Waals surface area contributed by atoms with Gasteiger partial charge in [-0.3, -0.25) is 15.2 Å². The molecule has 0 amide bonds. The highest BCUT2D eigenvalue weighted by atomic mass is 16.6. The molecular formula is C8H6N4O3. The Labute approximate surface area is 83.6 Å². The van der Waals surface area contributed by atoms with Gasteiger partial charge in [-0.25, -0.2) is 4.98 Å². The summed E-state index contributed by atoms with van der Waals surface area (Å²) in [6.45, 7) is 0. The first kappa shape index (κ1) is 9.13. The first-order valence-corrected chi connectivity index (χ1v) is 4.01. The second kappa shape index (κ2) is 3.37. The number of nitrogens with one attached hydrogen (secondary N) is 1. The van der Waals surface area contributed by atoms with E-state index in [0.717, 1.165) is 0 Å². The third-order valence-electron chi connectivity index (χ3n) is 1.86. The van der Waals surface area contributed by atoms with E-state index in [0.29, 0.717) is 11.4 Å². The Kier molecular flexibility index (Phi) is 2.05. The zero-order valence-corrected chi connectivity index (χ0v) is 7.41. The minimum absolute atomic E-state index is 0.357. The number of phenols is 1. The van der Waals surface area contributed by atoms with Crippen LogP contribution in [0.1, 0.15) is 0 Å². The van der Waals surface area contributed by atoms with Gasteiger partial charge in [0.25, 0.3) is 0 Å². The normalized spacial score (nSPS) is 10.1. The van der Waals surface area contributed by atoms with Crippen LogP contribution in [0.15, 0.2) is 24.5 Å². The monoisotopic (exact) mass is 206 g/mol. The molecule has 2 rings (SSSR count). The number of hydrogen-bond acceptors (Lipinski definition) is 5. The van der Waals surface area contributed by atoms with E-state index in [-0.39, 0.29) is 11.4 Å². The van der Waals surface area contributed by atoms with Crippen molar-refractivity contribution < 1.29 is 10.0 Å². The predicted octanol–water partition coefficient (Wildman–Crippen LogP) is 1.09. The van der Waals surface area contributed by atoms with E-state index in [1.165, 1.54) is 24.5 Å². The van der Waals surface area contributed by atoms with Gasteiger partial charge in [-0.1, -0.05) is 0 Å². The van der Waals surface area contributed by atoms with Gasteiger partial charge in [0.2, 0.25) is 0 Å². The number of nitrogens with zero attached hydrogens (tertiary/aromatic N) is 3. The Morgan fingerprint density at radius 1 is 1.47 bits per heavy atom. The molecule has 1 heterocycles. The Balaban J connectivity index is 2.52. The van der Waals surface area contributed by atoms with E-state index in [1.807, 2.05) is 0 Å². The minimum Gasteiger partial charge on any atom is -0.502 e. The van der Waals surface area contributed by atoms with Crippen molar-refractivity contribution in [2.24, 2.45) is 0 Å². The highest BCUT2D eigenvalue weighted by molar-refractivity contribution is 5.62. The SMILES string of the molecule is O=[N+]([O-])c1cc(-c2ncn[nH]2)ccc1O. The van der Waals surface area contributed by atoms with Crippen molar-refractivity contribution in [1.82, 2.24) is 15.2 Å². The van der Waals surface area contributed by atoms with Crippen LogP contribution in [0.25, 0.3) is 11.4 Å². The molecule has 7 nitrogen and oxygen atoms in total. The lowest BCUT2D eigenvalue weighted by atomic mass is 10.2. The predicted molar refractivity (Wildman–Crippen MR) is 50.1 cm³/mol. The molecule has 0 unspecified atom stereocenters. The van der Waals surface area contributed by atoms with Crippen LogP contribution in [0.2, 0.25) is 0 Å². The Morgan fingerprint density at radius 3 is 2.87 bits per heavy atom. The quantitative estimate of drug-likeness (QED) is 0.565. The smallest absolute Gasteiger partial charge is 0.311 e. The summed E-state index contributed by atoms with van der Waals surface area (Å²) in [6.07, 6.45) is 1.30. The van der Waals surface area contributed by atoms with Gasteiger partial charge in [-0.15, -0.1) is 0 Å². The van der Waals surface area contributed by atoms with Crippen molar-refractivity contribution in [1.29, 1.82) is 0 Å². The van der Waals surface area contributed by atoms with Gasteiger partial charge in [-0.05, 0) is 12.1 Å². The molecule has 0 bridgehead atoms. The Bertz CT molecular complexity index is 495. The average Bonchev–Trinajstić information content (AvgIpc) is 2.71. The summed E-state index contributed by atoms with van der Waals surface area (Å²) in [5, 5.41) is 26.0. The van der Waals surface area contributed by atoms with Crippen LogP contribution >= 0.6 is 0 Å². The molecule has 0 radical (unpaired) electrons. The molecule has 1 aromatic carbocycles. The van der Waals surface area contributed by atoms with Crippen molar-refractivity contribution in [3.05, 3.63) is 34.6 Å². The summed E-state index contributed by atoms with van der Waals surface area (Å²) in [7, 11) is 0. The van der Waals surface area contributed by atoms with Gasteiger partial charge in [0.1, 0.15) is 6.33 Å². The van der Waals surface area contributed by atoms with Gasteiger partial charge in [0, 0.05) is 11.6 Å². The van der Waals surface area contributed by atoms with Crippen LogP contribution < -0.4 is 0 Å². The molecule has 0 aliphatic heterocycles. The standard InChI is InChI=1S/C8H6N4O3/c13-7-2-1-5(3-6(7)12(14)15)8-9-4-10-11-8/h1-4,13H,(H,9,10,11). The lowest BCUT2D eigenvalue weighted by Crippen LogP contribution is -1.90. The summed E-state index contributed by atoms with van der Waals surface area (Å²) in [5.41, 5.74) is 0.140. The van der Waals surface area contributed by atoms with Gasteiger partial charge in [0.05, 0.1) is 4.92 Å². The van der Waals surface area contributed by atoms with Crippen LogP contribution in [0.3, 0.4) is 0 Å². The fourth-order valence-corrected chi connectivity index (χ4v) is 1.16. The van der Waals surface area contributed by atoms with Crippen LogP contribution in [-0.2, 0) is 0 Å². The third-order valence-corrected chi connectivity index (χ3v) is 1.86. The molecular weight excluding hydrogens is 200 g/mol. The fourth-order valence-electron chi connectivity index (χ4n) is 1.16. The number of benzene rings is 1. The first-order valence-electron chi connectivity index (χ1n) is 4.01. The van der Waals surface area contributed by atoms with Gasteiger partial charge in [-0.2, -0.15) is 5.10 Å². The number of nitro groups is 1. The van der Waals surface area contributed by atoms with Crippen LogP contribution in [0.4, 0.5) is 5.69 Å². The molecule has 7 heteroatoms. The summed E-state index contributed by atoms with van der Waals surface area (Å²) in [5.74, 6) is 0.0429. The summed E-state index contributed by atoms with van der Waals surface area (Å²) in [6, 6.07) is 3.99. The van der Waals surface area contributed by atoms with Crippen molar-refractivity contribution in [3.63, 3.8) is 0 Å². The molecule has 0 aliphatic rings. The molecule has 0 atom stereocenters. The van der Waals surface area contributed by atoms with E-state index in [4.69, 9.17) is 0 Å². The average molecular weight is 206 g/mol. The molecule has 76 valence electrons. The zero-order chi connectivity index (χ0) is 10.8. The molecule has 0 spiro atoms. The van der Waals surface area contributed by atoms with Gasteiger partial charge < -0.3 is 5.11 Å². The second-order valence-electron chi connectivity index (χ2n) is 2.79. The zero-order valence-electron chi connectivity index (χ0n) is 7.41. The minimum atomic E-state index is -0.658. The summed E-state index contributed by atoms with van der Waals surface area (Å²) < 4.78 is 0. The van der Waals surface area contributed by atoms with Crippen molar-refractivity contribution in [2.75, 3.05) is 0 Å². The lowest BCUT2D eigenvalue weighted by molar-refractivity contribution is -0.385. The van der Waals surface area contributed by atoms with E-state index in [2.05, 4.69) is 15.2 Å². The van der Waals surface area contributed by atoms with Crippen LogP contribution in [0.5, 0.6) is 5.75 Å². The molecule has 2 N–H and O–H groups in total. The molecule has 0 saturated heterocycles. The summed E-state index contributed by atoms with van der Waals surface area (Å²) >= 11 is 0. The third kappa shape index (κ3) is 1.62. The molecule has 15 heavy (non-hydrogen) atoms. The fraction of sp³-hybridized carbons (Fsp3) is 0. The van der Waals surface area contributed by atoms with E-state index >= 15 is 0 Å². The Morgan fingerprint density at radius 2 is 2.27 bits per heavy atom. The number of phenolic OH excluding ortho intramolecular Hbond substituents is 1. The van der Waals surface area contributed by atoms with Gasteiger partial charge in [0.15, 0.2) is 11.6 Å². The van der Waals surface area contributed by atoms with Crippen molar-refractivity contribution in [2.45, 2.75) is 0 Å². The number of aromatic hydroxyl groups is 1. The number of rotatable bonds is 2. The maximum Gasteiger partial charge on any atom is 0.311 e. The van der Waals surface area contributed by atoms with Crippen LogP contribution in [0, 0.1) is 10.1 Å². The maximum absolute atomic E-state index is 10.5. The molecule has 2 aromatic rings. The molecule has 0 aliphatic carbocycles. The number of aromatic amines is 1. The largest absolute Gasteiger partial charge is 0.502 e. The van der Waals surface area contributed by atoms with Crippen molar-refractivity contribution in [3.8, 4) is 17.1 Å². The molecule has 0 saturated carbocycles. The number of nitro benzene ring substituents is 1. The van der Waals surface area contributed by atoms with E-state index in [9.17, 15) is 15.2 Å². The van der Waals surface area contributed by atoms with E-state index in [1.54, 1.807) is 0 Å².